The van der Waals surface area contributed by atoms with E-state index in [1.807, 2.05) is 0 Å². The minimum absolute atomic E-state index is 0.0636. The summed E-state index contributed by atoms with van der Waals surface area (Å²) in [4.78, 5) is 37.8. The van der Waals surface area contributed by atoms with Gasteiger partial charge in [0, 0.05) is 19.3 Å². The van der Waals surface area contributed by atoms with Gasteiger partial charge in [0.25, 0.3) is 0 Å². The molecule has 0 fully saturated rings. The molecular formula is C51H98O6. The van der Waals surface area contributed by atoms with Crippen LogP contribution in [0.3, 0.4) is 0 Å². The van der Waals surface area contributed by atoms with E-state index in [4.69, 9.17) is 14.2 Å². The fourth-order valence-corrected chi connectivity index (χ4v) is 7.66. The molecule has 0 aliphatic carbocycles. The summed E-state index contributed by atoms with van der Waals surface area (Å²) in [5.41, 5.74) is 0. The predicted octanol–water partition coefficient (Wildman–Crippen LogP) is 16.3. The van der Waals surface area contributed by atoms with Crippen LogP contribution in [0.4, 0.5) is 0 Å². The second kappa shape index (κ2) is 45.5. The zero-order valence-electron chi connectivity index (χ0n) is 38.8. The summed E-state index contributed by atoms with van der Waals surface area (Å²) in [5.74, 6) is -0.0352. The minimum atomic E-state index is -0.760. The van der Waals surface area contributed by atoms with Crippen molar-refractivity contribution >= 4 is 17.9 Å². The van der Waals surface area contributed by atoms with E-state index in [1.165, 1.54) is 180 Å². The van der Waals surface area contributed by atoms with Crippen molar-refractivity contribution in [3.8, 4) is 0 Å². The Labute approximate surface area is 355 Å². The average Bonchev–Trinajstić information content (AvgIpc) is 3.21. The SMILES string of the molecule is CCCCCCCCCCCCCCCCCCCC(=O)OC[C@H](COC(=O)CCCCCCCCC(C)CC)OC(=O)CCCCCCCCCCCCCC. The van der Waals surface area contributed by atoms with Crippen molar-refractivity contribution in [2.75, 3.05) is 13.2 Å². The van der Waals surface area contributed by atoms with Crippen LogP contribution in [0.2, 0.25) is 0 Å². The van der Waals surface area contributed by atoms with Crippen LogP contribution in [0.5, 0.6) is 0 Å². The summed E-state index contributed by atoms with van der Waals surface area (Å²) < 4.78 is 16.8. The maximum absolute atomic E-state index is 12.7. The molecule has 0 radical (unpaired) electrons. The van der Waals surface area contributed by atoms with Crippen LogP contribution in [0.25, 0.3) is 0 Å². The van der Waals surface area contributed by atoms with Crippen molar-refractivity contribution in [2.24, 2.45) is 5.92 Å². The average molecular weight is 807 g/mol. The Bertz CT molecular complexity index is 859. The van der Waals surface area contributed by atoms with Crippen molar-refractivity contribution in [1.82, 2.24) is 0 Å². The molecule has 0 rings (SSSR count). The fraction of sp³-hybridized carbons (Fsp3) is 0.941. The van der Waals surface area contributed by atoms with E-state index in [9.17, 15) is 14.4 Å². The van der Waals surface area contributed by atoms with Gasteiger partial charge in [0.2, 0.25) is 0 Å². The van der Waals surface area contributed by atoms with E-state index >= 15 is 0 Å². The maximum Gasteiger partial charge on any atom is 0.306 e. The zero-order valence-corrected chi connectivity index (χ0v) is 38.8. The second-order valence-electron chi connectivity index (χ2n) is 17.7. The summed E-state index contributed by atoms with van der Waals surface area (Å²) in [6, 6.07) is 0. The highest BCUT2D eigenvalue weighted by molar-refractivity contribution is 5.71. The first-order valence-electron chi connectivity index (χ1n) is 25.4. The van der Waals surface area contributed by atoms with E-state index in [1.54, 1.807) is 0 Å². The lowest BCUT2D eigenvalue weighted by atomic mass is 10.00. The fourth-order valence-electron chi connectivity index (χ4n) is 7.66. The van der Waals surface area contributed by atoms with E-state index < -0.39 is 6.10 Å². The van der Waals surface area contributed by atoms with Gasteiger partial charge >= 0.3 is 17.9 Å². The Hall–Kier alpha value is -1.59. The summed E-state index contributed by atoms with van der Waals surface area (Å²) in [6.45, 7) is 8.99. The first-order chi connectivity index (χ1) is 27.9. The first kappa shape index (κ1) is 55.4. The van der Waals surface area contributed by atoms with Crippen LogP contribution in [0.15, 0.2) is 0 Å². The molecule has 338 valence electrons. The van der Waals surface area contributed by atoms with Gasteiger partial charge in [-0.15, -0.1) is 0 Å². The Morgan fingerprint density at radius 3 is 0.912 bits per heavy atom. The normalized spacial score (nSPS) is 12.4. The number of carbonyl (C=O) groups excluding carboxylic acids is 3. The number of esters is 3. The lowest BCUT2D eigenvalue weighted by molar-refractivity contribution is -0.167. The van der Waals surface area contributed by atoms with Gasteiger partial charge in [-0.05, 0) is 25.2 Å². The third-order valence-corrected chi connectivity index (χ3v) is 11.9. The van der Waals surface area contributed by atoms with Crippen LogP contribution in [0.1, 0.15) is 285 Å². The lowest BCUT2D eigenvalue weighted by Crippen LogP contribution is -2.30. The molecule has 0 aliphatic heterocycles. The molecule has 0 heterocycles. The molecule has 0 aliphatic rings. The number of hydrogen-bond donors (Lipinski definition) is 0. The van der Waals surface area contributed by atoms with E-state index in [-0.39, 0.29) is 31.1 Å². The third-order valence-electron chi connectivity index (χ3n) is 11.9. The Morgan fingerprint density at radius 2 is 0.614 bits per heavy atom. The molecule has 0 N–H and O–H groups in total. The minimum Gasteiger partial charge on any atom is -0.462 e. The number of hydrogen-bond acceptors (Lipinski definition) is 6. The van der Waals surface area contributed by atoms with Crippen molar-refractivity contribution in [3.05, 3.63) is 0 Å². The number of rotatable bonds is 46. The first-order valence-corrected chi connectivity index (χ1v) is 25.4. The van der Waals surface area contributed by atoms with Crippen LogP contribution in [-0.4, -0.2) is 37.2 Å². The molecule has 0 saturated carbocycles. The Morgan fingerprint density at radius 1 is 0.351 bits per heavy atom. The topological polar surface area (TPSA) is 78.9 Å². The highest BCUT2D eigenvalue weighted by Crippen LogP contribution is 2.17. The van der Waals surface area contributed by atoms with Gasteiger partial charge in [0.15, 0.2) is 6.10 Å². The molecule has 6 heteroatoms. The van der Waals surface area contributed by atoms with Gasteiger partial charge in [-0.3, -0.25) is 14.4 Å². The summed E-state index contributed by atoms with van der Waals surface area (Å²) >= 11 is 0. The monoisotopic (exact) mass is 807 g/mol. The molecule has 0 aromatic heterocycles. The molecule has 2 atom stereocenters. The smallest absolute Gasteiger partial charge is 0.306 e. The summed E-state index contributed by atoms with van der Waals surface area (Å²) in [6.07, 6.45) is 46.6. The predicted molar refractivity (Wildman–Crippen MR) is 243 cm³/mol. The Balaban J connectivity index is 4.27. The van der Waals surface area contributed by atoms with Crippen molar-refractivity contribution in [1.29, 1.82) is 0 Å². The third kappa shape index (κ3) is 43.8. The Kier molecular flexibility index (Phi) is 44.2. The number of ether oxygens (including phenoxy) is 3. The van der Waals surface area contributed by atoms with Gasteiger partial charge in [-0.1, -0.05) is 246 Å². The highest BCUT2D eigenvalue weighted by Gasteiger charge is 2.19. The highest BCUT2D eigenvalue weighted by atomic mass is 16.6. The zero-order chi connectivity index (χ0) is 41.7. The summed E-state index contributed by atoms with van der Waals surface area (Å²) in [7, 11) is 0. The molecule has 1 unspecified atom stereocenters. The van der Waals surface area contributed by atoms with Crippen LogP contribution in [-0.2, 0) is 28.6 Å². The van der Waals surface area contributed by atoms with E-state index in [2.05, 4.69) is 27.7 Å². The van der Waals surface area contributed by atoms with E-state index in [0.29, 0.717) is 19.3 Å². The van der Waals surface area contributed by atoms with Gasteiger partial charge in [-0.25, -0.2) is 0 Å². The maximum atomic E-state index is 12.7. The van der Waals surface area contributed by atoms with Gasteiger partial charge < -0.3 is 14.2 Å². The summed E-state index contributed by atoms with van der Waals surface area (Å²) in [5, 5.41) is 0. The van der Waals surface area contributed by atoms with Gasteiger partial charge in [0.05, 0.1) is 0 Å². The standard InChI is InChI=1S/C51H98O6/c1-5-8-10-12-14-16-18-20-21-22-23-24-26-27-29-34-38-42-49(52)55-45-48(46-56-50(53)43-39-35-32-31-33-37-41-47(4)7-3)57-51(54)44-40-36-30-28-25-19-17-15-13-11-9-6-2/h47-48H,5-46H2,1-4H3/t47?,48-/m1/s1. The molecule has 0 amide bonds. The van der Waals surface area contributed by atoms with Crippen LogP contribution in [0, 0.1) is 5.92 Å². The molecule has 0 aromatic carbocycles. The molecule has 0 bridgehead atoms. The lowest BCUT2D eigenvalue weighted by Gasteiger charge is -2.18. The van der Waals surface area contributed by atoms with Crippen LogP contribution >= 0.6 is 0 Å². The molecule has 0 spiro atoms. The van der Waals surface area contributed by atoms with Crippen molar-refractivity contribution in [3.63, 3.8) is 0 Å². The largest absolute Gasteiger partial charge is 0.462 e. The molecular weight excluding hydrogens is 709 g/mol. The quantitative estimate of drug-likeness (QED) is 0.0346. The van der Waals surface area contributed by atoms with Crippen molar-refractivity contribution in [2.45, 2.75) is 291 Å². The van der Waals surface area contributed by atoms with Crippen molar-refractivity contribution < 1.29 is 28.6 Å². The molecule has 6 nitrogen and oxygen atoms in total. The van der Waals surface area contributed by atoms with E-state index in [0.717, 1.165) is 63.7 Å². The van der Waals surface area contributed by atoms with Gasteiger partial charge in [-0.2, -0.15) is 0 Å². The van der Waals surface area contributed by atoms with Crippen LogP contribution < -0.4 is 0 Å². The number of carbonyl (C=O) groups is 3. The molecule has 0 saturated heterocycles. The molecule has 0 aromatic rings. The van der Waals surface area contributed by atoms with Gasteiger partial charge in [0.1, 0.15) is 13.2 Å². The molecule has 57 heavy (non-hydrogen) atoms. The second-order valence-corrected chi connectivity index (χ2v) is 17.7. The number of unbranched alkanes of at least 4 members (excludes halogenated alkanes) is 32.